The highest BCUT2D eigenvalue weighted by Crippen LogP contribution is 2.38. The molecule has 3 heterocycles. The zero-order chi connectivity index (χ0) is 27.0. The predicted octanol–water partition coefficient (Wildman–Crippen LogP) is 5.27. The Kier molecular flexibility index (Phi) is 6.25. The lowest BCUT2D eigenvalue weighted by molar-refractivity contribution is -0.111. The highest BCUT2D eigenvalue weighted by Gasteiger charge is 2.23. The van der Waals surface area contributed by atoms with Gasteiger partial charge < -0.3 is 20.4 Å². The molecule has 5 aromatic rings. The first-order valence-electron chi connectivity index (χ1n) is 11.4. The molecule has 9 nitrogen and oxygen atoms in total. The summed E-state index contributed by atoms with van der Waals surface area (Å²) in [5, 5.41) is 2.68. The van der Waals surface area contributed by atoms with Gasteiger partial charge in [0.05, 0.1) is 16.9 Å². The molecular formula is C27H21F2N7O2. The van der Waals surface area contributed by atoms with Crippen LogP contribution < -0.4 is 15.8 Å². The van der Waals surface area contributed by atoms with Gasteiger partial charge in [-0.3, -0.25) is 4.79 Å². The molecule has 0 fully saturated rings. The third-order valence-electron chi connectivity index (χ3n) is 5.83. The molecule has 0 atom stereocenters. The molecule has 0 radical (unpaired) electrons. The summed E-state index contributed by atoms with van der Waals surface area (Å²) < 4.78 is 37.5. The van der Waals surface area contributed by atoms with Crippen LogP contribution in [0.25, 0.3) is 28.0 Å². The fourth-order valence-corrected chi connectivity index (χ4v) is 4.13. The Balaban J connectivity index is 1.67. The number of nitrogen functional groups attached to an aromatic ring is 1. The SMILES string of the molecule is C=CC(=O)Nc1ccc(-c2c(C)c3ncnc(N)c3n2-c2cc(F)c(Oc3nccc(C)n3)c(F)c2)cc1. The molecule has 3 N–H and O–H groups in total. The Morgan fingerprint density at radius 1 is 1.08 bits per heavy atom. The van der Waals surface area contributed by atoms with Gasteiger partial charge in [-0.2, -0.15) is 0 Å². The maximum absolute atomic E-state index is 15.3. The molecule has 0 aliphatic carbocycles. The van der Waals surface area contributed by atoms with Gasteiger partial charge in [0, 0.05) is 35.3 Å². The van der Waals surface area contributed by atoms with Crippen LogP contribution in [0.4, 0.5) is 20.3 Å². The van der Waals surface area contributed by atoms with E-state index in [4.69, 9.17) is 10.5 Å². The predicted molar refractivity (Wildman–Crippen MR) is 139 cm³/mol. The minimum atomic E-state index is -0.964. The molecule has 2 aromatic carbocycles. The first-order valence-corrected chi connectivity index (χ1v) is 11.4. The molecule has 0 spiro atoms. The summed E-state index contributed by atoms with van der Waals surface area (Å²) >= 11 is 0. The van der Waals surface area contributed by atoms with Crippen molar-refractivity contribution in [2.75, 3.05) is 11.1 Å². The molecule has 0 aliphatic rings. The molecule has 0 bridgehead atoms. The number of fused-ring (bicyclic) bond motifs is 1. The third-order valence-corrected chi connectivity index (χ3v) is 5.83. The van der Waals surface area contributed by atoms with Gasteiger partial charge in [0.25, 0.3) is 0 Å². The number of nitrogens with zero attached hydrogens (tertiary/aromatic N) is 5. The number of amides is 1. The van der Waals surface area contributed by atoms with E-state index in [0.29, 0.717) is 39.2 Å². The summed E-state index contributed by atoms with van der Waals surface area (Å²) in [6.07, 6.45) is 3.92. The average molecular weight is 514 g/mol. The van der Waals surface area contributed by atoms with Crippen LogP contribution >= 0.6 is 0 Å². The van der Waals surface area contributed by atoms with Gasteiger partial charge in [-0.05, 0) is 43.7 Å². The molecular weight excluding hydrogens is 492 g/mol. The number of anilines is 2. The molecule has 3 aromatic heterocycles. The summed E-state index contributed by atoms with van der Waals surface area (Å²) in [6.45, 7) is 6.97. The topological polar surface area (TPSA) is 121 Å². The number of benzene rings is 2. The van der Waals surface area contributed by atoms with Crippen molar-refractivity contribution in [2.45, 2.75) is 13.8 Å². The smallest absolute Gasteiger partial charge is 0.322 e. The highest BCUT2D eigenvalue weighted by atomic mass is 19.1. The second-order valence-electron chi connectivity index (χ2n) is 8.36. The number of hydrogen-bond acceptors (Lipinski definition) is 7. The quantitative estimate of drug-likeness (QED) is 0.297. The van der Waals surface area contributed by atoms with E-state index < -0.39 is 17.4 Å². The molecule has 0 saturated heterocycles. The second-order valence-corrected chi connectivity index (χ2v) is 8.36. The zero-order valence-corrected chi connectivity index (χ0v) is 20.4. The Morgan fingerprint density at radius 2 is 1.79 bits per heavy atom. The maximum atomic E-state index is 15.3. The van der Waals surface area contributed by atoms with E-state index in [-0.39, 0.29) is 23.4 Å². The minimum absolute atomic E-state index is 0.133. The van der Waals surface area contributed by atoms with Crippen molar-refractivity contribution in [2.24, 2.45) is 0 Å². The lowest BCUT2D eigenvalue weighted by Crippen LogP contribution is -2.07. The maximum Gasteiger partial charge on any atom is 0.322 e. The van der Waals surface area contributed by atoms with Crippen molar-refractivity contribution >= 4 is 28.4 Å². The number of hydrogen-bond donors (Lipinski definition) is 2. The molecule has 190 valence electrons. The van der Waals surface area contributed by atoms with Crippen LogP contribution in [0.2, 0.25) is 0 Å². The normalized spacial score (nSPS) is 10.9. The Bertz CT molecular complexity index is 1690. The Hall–Kier alpha value is -5.19. The number of nitrogens with two attached hydrogens (primary N) is 1. The number of ether oxygens (including phenoxy) is 1. The van der Waals surface area contributed by atoms with Crippen molar-refractivity contribution in [3.8, 4) is 28.7 Å². The van der Waals surface area contributed by atoms with Crippen molar-refractivity contribution in [3.63, 3.8) is 0 Å². The standard InChI is InChI=1S/C27H21F2N7O2/c1-4-21(37)35-17-7-5-16(6-8-17)23-15(3)22-24(26(30)33-13-32-22)36(23)18-11-19(28)25(20(29)12-18)38-27-31-10-9-14(2)34-27/h4-13H,1H2,2-3H3,(H,35,37)(H2,30,32,33). The second kappa shape index (κ2) is 9.69. The minimum Gasteiger partial charge on any atom is -0.418 e. The lowest BCUT2D eigenvalue weighted by atomic mass is 10.1. The van der Waals surface area contributed by atoms with Gasteiger partial charge >= 0.3 is 6.01 Å². The van der Waals surface area contributed by atoms with Crippen LogP contribution in [0.15, 0.2) is 67.6 Å². The van der Waals surface area contributed by atoms with Crippen molar-refractivity contribution in [1.82, 2.24) is 24.5 Å². The van der Waals surface area contributed by atoms with E-state index in [0.717, 1.165) is 12.1 Å². The summed E-state index contributed by atoms with van der Waals surface area (Å²) in [7, 11) is 0. The molecule has 0 aliphatic heterocycles. The average Bonchev–Trinajstić information content (AvgIpc) is 3.20. The highest BCUT2D eigenvalue weighted by molar-refractivity contribution is 5.99. The molecule has 5 rings (SSSR count). The van der Waals surface area contributed by atoms with Crippen molar-refractivity contribution in [3.05, 3.63) is 90.5 Å². The van der Waals surface area contributed by atoms with Gasteiger partial charge in [-0.25, -0.2) is 28.7 Å². The van der Waals surface area contributed by atoms with Crippen LogP contribution in [0.3, 0.4) is 0 Å². The van der Waals surface area contributed by atoms with Crippen molar-refractivity contribution < 1.29 is 18.3 Å². The Morgan fingerprint density at radius 3 is 2.45 bits per heavy atom. The fourth-order valence-electron chi connectivity index (χ4n) is 4.13. The number of carbonyl (C=O) groups is 1. The van der Waals surface area contributed by atoms with Gasteiger partial charge in [-0.1, -0.05) is 18.7 Å². The summed E-state index contributed by atoms with van der Waals surface area (Å²) in [5.74, 6) is -2.79. The number of carbonyl (C=O) groups excluding carboxylic acids is 1. The van der Waals surface area contributed by atoms with E-state index in [1.165, 1.54) is 18.6 Å². The fraction of sp³-hybridized carbons (Fsp3) is 0.0741. The first kappa shape index (κ1) is 24.5. The molecule has 38 heavy (non-hydrogen) atoms. The van der Waals surface area contributed by atoms with E-state index >= 15 is 8.78 Å². The van der Waals surface area contributed by atoms with E-state index in [9.17, 15) is 4.79 Å². The largest absolute Gasteiger partial charge is 0.418 e. The van der Waals surface area contributed by atoms with Crippen molar-refractivity contribution in [1.29, 1.82) is 0 Å². The molecule has 0 saturated carbocycles. The van der Waals surface area contributed by atoms with Crippen LogP contribution in [-0.2, 0) is 4.79 Å². The summed E-state index contributed by atoms with van der Waals surface area (Å²) in [5.41, 5.74) is 10.4. The molecule has 0 unspecified atom stereocenters. The first-order chi connectivity index (χ1) is 18.3. The lowest BCUT2D eigenvalue weighted by Gasteiger charge is -2.15. The Labute approximate surface area is 215 Å². The number of aryl methyl sites for hydroxylation is 2. The summed E-state index contributed by atoms with van der Waals surface area (Å²) in [6, 6.07) is 10.6. The number of halogens is 2. The number of aromatic nitrogens is 5. The van der Waals surface area contributed by atoms with Crippen LogP contribution in [0.5, 0.6) is 11.8 Å². The van der Waals surface area contributed by atoms with E-state index in [1.54, 1.807) is 41.8 Å². The van der Waals surface area contributed by atoms with Gasteiger partial charge in [0.2, 0.25) is 11.7 Å². The number of nitrogens with one attached hydrogen (secondary N) is 1. The van der Waals surface area contributed by atoms with Gasteiger partial charge in [0.15, 0.2) is 17.5 Å². The number of rotatable bonds is 6. The van der Waals surface area contributed by atoms with Crippen LogP contribution in [-0.4, -0.2) is 30.4 Å². The zero-order valence-electron chi connectivity index (χ0n) is 20.4. The third kappa shape index (κ3) is 4.41. The van der Waals surface area contributed by atoms with Crippen LogP contribution in [0.1, 0.15) is 11.3 Å². The monoisotopic (exact) mass is 513 g/mol. The van der Waals surface area contributed by atoms with Crippen LogP contribution in [0, 0.1) is 25.5 Å². The van der Waals surface area contributed by atoms with E-state index in [1.807, 2.05) is 6.92 Å². The van der Waals surface area contributed by atoms with Gasteiger partial charge in [0.1, 0.15) is 11.8 Å². The molecule has 1 amide bonds. The summed E-state index contributed by atoms with van der Waals surface area (Å²) in [4.78, 5) is 28.0. The molecule has 11 heteroatoms. The van der Waals surface area contributed by atoms with Gasteiger partial charge in [-0.15, -0.1) is 0 Å². The van der Waals surface area contributed by atoms with E-state index in [2.05, 4.69) is 31.8 Å².